The maximum atomic E-state index is 9.60. The van der Waals surface area contributed by atoms with Gasteiger partial charge in [-0.3, -0.25) is 4.79 Å². The summed E-state index contributed by atoms with van der Waals surface area (Å²) in [5.74, 6) is 0. The number of carbonyl (C=O) groups excluding carboxylic acids is 1. The zero-order valence-corrected chi connectivity index (χ0v) is 11.2. The highest BCUT2D eigenvalue weighted by atomic mass is 16.5. The molecule has 0 saturated carbocycles. The van der Waals surface area contributed by atoms with Gasteiger partial charge < -0.3 is 14.7 Å². The molecule has 15 heavy (non-hydrogen) atoms. The SMILES string of the molecule is CC.CC(C)(C)OC=O.CN(C)CCO. The third kappa shape index (κ3) is 42.5. The quantitative estimate of drug-likeness (QED) is 0.734. The Morgan fingerprint density at radius 1 is 1.27 bits per heavy atom. The molecule has 0 bridgehead atoms. The van der Waals surface area contributed by atoms with E-state index in [4.69, 9.17) is 5.11 Å². The Balaban J connectivity index is -0.000000166. The Hall–Kier alpha value is -0.610. The summed E-state index contributed by atoms with van der Waals surface area (Å²) in [5.41, 5.74) is -0.318. The van der Waals surface area contributed by atoms with Crippen molar-refractivity contribution in [3.05, 3.63) is 0 Å². The van der Waals surface area contributed by atoms with E-state index in [1.807, 2.05) is 53.6 Å². The lowest BCUT2D eigenvalue weighted by atomic mass is 10.2. The summed E-state index contributed by atoms with van der Waals surface area (Å²) >= 11 is 0. The fourth-order valence-electron chi connectivity index (χ4n) is 0.344. The summed E-state index contributed by atoms with van der Waals surface area (Å²) in [4.78, 5) is 11.5. The van der Waals surface area contributed by atoms with Crippen LogP contribution >= 0.6 is 0 Å². The lowest BCUT2D eigenvalue weighted by molar-refractivity contribution is -0.138. The van der Waals surface area contributed by atoms with Crippen LogP contribution in [-0.2, 0) is 9.53 Å². The van der Waals surface area contributed by atoms with E-state index in [0.29, 0.717) is 6.47 Å². The molecule has 94 valence electrons. The molecule has 0 spiro atoms. The summed E-state index contributed by atoms with van der Waals surface area (Å²) < 4.78 is 4.55. The molecule has 4 heteroatoms. The van der Waals surface area contributed by atoms with E-state index in [2.05, 4.69) is 4.74 Å². The van der Waals surface area contributed by atoms with Gasteiger partial charge in [0.05, 0.1) is 6.61 Å². The second-order valence-electron chi connectivity index (χ2n) is 3.85. The number of aliphatic hydroxyl groups is 1. The van der Waals surface area contributed by atoms with Gasteiger partial charge in [0.15, 0.2) is 0 Å². The van der Waals surface area contributed by atoms with Crippen LogP contribution in [0.4, 0.5) is 0 Å². The number of hydrogen-bond acceptors (Lipinski definition) is 4. The first-order chi connectivity index (χ1) is 6.83. The van der Waals surface area contributed by atoms with Crippen LogP contribution in [0.2, 0.25) is 0 Å². The molecule has 0 aliphatic heterocycles. The van der Waals surface area contributed by atoms with E-state index >= 15 is 0 Å². The van der Waals surface area contributed by atoms with Gasteiger partial charge in [-0.1, -0.05) is 13.8 Å². The van der Waals surface area contributed by atoms with Crippen LogP contribution in [-0.4, -0.2) is 49.3 Å². The molecule has 1 N–H and O–H groups in total. The first-order valence-corrected chi connectivity index (χ1v) is 5.20. The van der Waals surface area contributed by atoms with Gasteiger partial charge in [-0.2, -0.15) is 0 Å². The lowest BCUT2D eigenvalue weighted by Gasteiger charge is -2.14. The van der Waals surface area contributed by atoms with E-state index in [0.717, 1.165) is 6.54 Å². The fourth-order valence-corrected chi connectivity index (χ4v) is 0.344. The van der Waals surface area contributed by atoms with Gasteiger partial charge in [-0.25, -0.2) is 0 Å². The molecule has 0 radical (unpaired) electrons. The third-order valence-electron chi connectivity index (χ3n) is 0.949. The Morgan fingerprint density at radius 2 is 1.67 bits per heavy atom. The third-order valence-corrected chi connectivity index (χ3v) is 0.949. The van der Waals surface area contributed by atoms with Crippen molar-refractivity contribution in [2.75, 3.05) is 27.2 Å². The predicted octanol–water partition coefficient (Wildman–Crippen LogP) is 1.52. The summed E-state index contributed by atoms with van der Waals surface area (Å²) in [5, 5.41) is 8.20. The number of rotatable bonds is 3. The summed E-state index contributed by atoms with van der Waals surface area (Å²) in [6.07, 6.45) is 0. The number of likely N-dealkylation sites (N-methyl/N-ethyl adjacent to an activating group) is 1. The minimum atomic E-state index is -0.318. The van der Waals surface area contributed by atoms with E-state index in [1.54, 1.807) is 0 Å². The Morgan fingerprint density at radius 3 is 1.67 bits per heavy atom. The van der Waals surface area contributed by atoms with Gasteiger partial charge in [-0.15, -0.1) is 0 Å². The van der Waals surface area contributed by atoms with Crippen LogP contribution in [0.15, 0.2) is 0 Å². The standard InChI is InChI=1S/C5H10O2.C4H11NO.C2H6/c1-5(2,3)7-4-6;1-5(2)3-4-6;1-2/h4H,1-3H3;6H,3-4H2,1-2H3;1-2H3. The molecule has 4 nitrogen and oxygen atoms in total. The maximum absolute atomic E-state index is 9.60. The Labute approximate surface area is 94.2 Å². The molecular weight excluding hydrogens is 194 g/mol. The van der Waals surface area contributed by atoms with Crippen molar-refractivity contribution in [1.29, 1.82) is 0 Å². The first kappa shape index (κ1) is 19.9. The molecule has 0 unspecified atom stereocenters. The number of ether oxygens (including phenoxy) is 1. The summed E-state index contributed by atoms with van der Waals surface area (Å²) in [6, 6.07) is 0. The lowest BCUT2D eigenvalue weighted by Crippen LogP contribution is -2.17. The van der Waals surface area contributed by atoms with Gasteiger partial charge >= 0.3 is 0 Å². The van der Waals surface area contributed by atoms with Crippen molar-refractivity contribution in [3.63, 3.8) is 0 Å². The molecule has 0 rings (SSSR count). The van der Waals surface area contributed by atoms with Crippen LogP contribution in [0.1, 0.15) is 34.6 Å². The summed E-state index contributed by atoms with van der Waals surface area (Å²) in [6.45, 7) is 10.9. The van der Waals surface area contributed by atoms with Crippen molar-refractivity contribution in [3.8, 4) is 0 Å². The molecule has 0 aliphatic rings. The monoisotopic (exact) mass is 221 g/mol. The van der Waals surface area contributed by atoms with E-state index in [-0.39, 0.29) is 12.2 Å². The molecule has 0 aliphatic carbocycles. The number of carbonyl (C=O) groups is 1. The second kappa shape index (κ2) is 13.4. The zero-order chi connectivity index (χ0) is 12.9. The molecule has 0 aromatic carbocycles. The van der Waals surface area contributed by atoms with Crippen molar-refractivity contribution in [1.82, 2.24) is 4.90 Å². The van der Waals surface area contributed by atoms with E-state index < -0.39 is 0 Å². The van der Waals surface area contributed by atoms with Crippen LogP contribution < -0.4 is 0 Å². The Kier molecular flexibility index (Phi) is 17.8. The van der Waals surface area contributed by atoms with Crippen LogP contribution in [0.3, 0.4) is 0 Å². The smallest absolute Gasteiger partial charge is 0.293 e. The summed E-state index contributed by atoms with van der Waals surface area (Å²) in [7, 11) is 3.85. The van der Waals surface area contributed by atoms with Crippen molar-refractivity contribution >= 4 is 6.47 Å². The average molecular weight is 221 g/mol. The predicted molar refractivity (Wildman–Crippen MR) is 63.9 cm³/mol. The Bertz CT molecular complexity index is 119. The minimum Gasteiger partial charge on any atom is -0.462 e. The fraction of sp³-hybridized carbons (Fsp3) is 0.909. The van der Waals surface area contributed by atoms with Crippen molar-refractivity contribution < 1.29 is 14.6 Å². The molecule has 0 saturated heterocycles. The van der Waals surface area contributed by atoms with Gasteiger partial charge in [0.2, 0.25) is 0 Å². The van der Waals surface area contributed by atoms with Gasteiger partial charge in [-0.05, 0) is 34.9 Å². The van der Waals surface area contributed by atoms with E-state index in [9.17, 15) is 4.79 Å². The number of aliphatic hydroxyl groups excluding tert-OH is 1. The van der Waals surface area contributed by atoms with Crippen molar-refractivity contribution in [2.45, 2.75) is 40.2 Å². The topological polar surface area (TPSA) is 49.8 Å². The molecular formula is C11H27NO3. The van der Waals surface area contributed by atoms with Crippen LogP contribution in [0.25, 0.3) is 0 Å². The van der Waals surface area contributed by atoms with Crippen molar-refractivity contribution in [2.24, 2.45) is 0 Å². The molecule has 0 atom stereocenters. The number of hydrogen-bond donors (Lipinski definition) is 1. The molecule has 0 heterocycles. The molecule has 0 aromatic heterocycles. The average Bonchev–Trinajstić information content (AvgIpc) is 2.06. The molecule has 0 aromatic rings. The minimum absolute atomic E-state index is 0.257. The first-order valence-electron chi connectivity index (χ1n) is 5.20. The van der Waals surface area contributed by atoms with Crippen LogP contribution in [0, 0.1) is 0 Å². The highest BCUT2D eigenvalue weighted by molar-refractivity contribution is 5.37. The largest absolute Gasteiger partial charge is 0.462 e. The highest BCUT2D eigenvalue weighted by Crippen LogP contribution is 2.02. The zero-order valence-electron chi connectivity index (χ0n) is 11.2. The van der Waals surface area contributed by atoms with Gasteiger partial charge in [0.1, 0.15) is 5.60 Å². The molecule has 0 fully saturated rings. The maximum Gasteiger partial charge on any atom is 0.293 e. The van der Waals surface area contributed by atoms with Gasteiger partial charge in [0.25, 0.3) is 6.47 Å². The number of nitrogens with zero attached hydrogens (tertiary/aromatic N) is 1. The molecule has 0 amide bonds. The van der Waals surface area contributed by atoms with E-state index in [1.165, 1.54) is 0 Å². The second-order valence-corrected chi connectivity index (χ2v) is 3.85. The normalized spacial score (nSPS) is 9.40. The van der Waals surface area contributed by atoms with Gasteiger partial charge in [0, 0.05) is 6.54 Å². The highest BCUT2D eigenvalue weighted by Gasteiger charge is 2.07. The van der Waals surface area contributed by atoms with Crippen LogP contribution in [0.5, 0.6) is 0 Å².